The van der Waals surface area contributed by atoms with Gasteiger partial charge >= 0.3 is 0 Å². The molecule has 1 saturated heterocycles. The molecule has 0 bridgehead atoms. The van der Waals surface area contributed by atoms with Gasteiger partial charge in [0, 0.05) is 25.4 Å². The van der Waals surface area contributed by atoms with Crippen molar-refractivity contribution in [2.75, 3.05) is 6.54 Å². The predicted molar refractivity (Wildman–Crippen MR) is 68.1 cm³/mol. The summed E-state index contributed by atoms with van der Waals surface area (Å²) in [5.41, 5.74) is -0.837. The molecular weight excluding hydrogens is 302 g/mol. The van der Waals surface area contributed by atoms with E-state index < -0.39 is 34.7 Å². The number of carbonyl (C=O) groups is 2. The van der Waals surface area contributed by atoms with Gasteiger partial charge in [0.05, 0.1) is 5.56 Å². The van der Waals surface area contributed by atoms with Crippen molar-refractivity contribution in [1.29, 1.82) is 0 Å². The van der Waals surface area contributed by atoms with E-state index in [2.05, 4.69) is 0 Å². The van der Waals surface area contributed by atoms with Crippen LogP contribution >= 0.6 is 0 Å². The van der Waals surface area contributed by atoms with Gasteiger partial charge in [-0.1, -0.05) is 0 Å². The quantitative estimate of drug-likeness (QED) is 0.478. The van der Waals surface area contributed by atoms with E-state index in [4.69, 9.17) is 0 Å². The predicted octanol–water partition coefficient (Wildman–Crippen LogP) is 2.83. The van der Waals surface area contributed by atoms with Crippen molar-refractivity contribution in [1.82, 2.24) is 4.90 Å². The van der Waals surface area contributed by atoms with Crippen molar-refractivity contribution in [3.8, 4) is 0 Å². The van der Waals surface area contributed by atoms with Crippen LogP contribution in [0.3, 0.4) is 0 Å². The lowest BCUT2D eigenvalue weighted by Gasteiger charge is -2.35. The minimum Gasteiger partial charge on any atom is -0.334 e. The summed E-state index contributed by atoms with van der Waals surface area (Å²) < 4.78 is 53.3. The number of carbonyl (C=O) groups excluding carboxylic acids is 2. The molecule has 1 amide bonds. The van der Waals surface area contributed by atoms with E-state index in [1.807, 2.05) is 0 Å². The maximum Gasteiger partial charge on any atom is 0.257 e. The highest BCUT2D eigenvalue weighted by atomic mass is 19.2. The molecule has 1 unspecified atom stereocenters. The second kappa shape index (κ2) is 5.37. The molecule has 1 aliphatic carbocycles. The molecule has 1 atom stereocenters. The molecule has 1 aromatic rings. The highest BCUT2D eigenvalue weighted by Gasteiger charge is 2.42. The summed E-state index contributed by atoms with van der Waals surface area (Å²) in [4.78, 5) is 25.2. The fourth-order valence-corrected chi connectivity index (χ4v) is 2.89. The molecule has 2 aliphatic rings. The topological polar surface area (TPSA) is 37.4 Å². The molecule has 2 fully saturated rings. The first-order chi connectivity index (χ1) is 10.4. The van der Waals surface area contributed by atoms with Gasteiger partial charge in [-0.05, 0) is 24.8 Å². The molecule has 0 N–H and O–H groups in total. The van der Waals surface area contributed by atoms with E-state index in [-0.39, 0.29) is 37.1 Å². The zero-order chi connectivity index (χ0) is 16.0. The first-order valence-electron chi connectivity index (χ1n) is 7.05. The summed E-state index contributed by atoms with van der Waals surface area (Å²) in [6.07, 6.45) is 2.01. The summed E-state index contributed by atoms with van der Waals surface area (Å²) in [6, 6.07) is 0.000498. The fraction of sp³-hybridized carbons (Fsp3) is 0.467. The SMILES string of the molecule is O=C1CCN(C(=O)c2cc(F)c(F)c(F)c2F)C(C2CC2)C1. The number of benzene rings is 1. The Hall–Kier alpha value is -1.92. The molecule has 118 valence electrons. The van der Waals surface area contributed by atoms with Crippen LogP contribution in [0.1, 0.15) is 36.0 Å². The molecule has 1 saturated carbocycles. The Labute approximate surface area is 123 Å². The standard InChI is InChI=1S/C15H13F4NO2/c16-10-6-9(12(17)14(19)13(10)18)15(22)20-4-3-8(21)5-11(20)7-1-2-7/h6-7,11H,1-5H2. The second-order valence-electron chi connectivity index (χ2n) is 5.74. The Morgan fingerprint density at radius 3 is 2.41 bits per heavy atom. The zero-order valence-electron chi connectivity index (χ0n) is 11.5. The third kappa shape index (κ3) is 2.48. The van der Waals surface area contributed by atoms with Gasteiger partial charge in [0.25, 0.3) is 5.91 Å². The molecule has 7 heteroatoms. The van der Waals surface area contributed by atoms with Gasteiger partial charge in [-0.2, -0.15) is 0 Å². The van der Waals surface area contributed by atoms with Crippen LogP contribution in [0.5, 0.6) is 0 Å². The minimum absolute atomic E-state index is 0.0119. The van der Waals surface area contributed by atoms with Crippen molar-refractivity contribution in [2.24, 2.45) is 5.92 Å². The van der Waals surface area contributed by atoms with Gasteiger partial charge in [0.2, 0.25) is 0 Å². The number of ketones is 1. The summed E-state index contributed by atoms with van der Waals surface area (Å²) in [5, 5.41) is 0. The van der Waals surface area contributed by atoms with Crippen LogP contribution in [-0.2, 0) is 4.79 Å². The van der Waals surface area contributed by atoms with Crippen molar-refractivity contribution >= 4 is 11.7 Å². The van der Waals surface area contributed by atoms with Gasteiger partial charge in [0.15, 0.2) is 23.3 Å². The first-order valence-corrected chi connectivity index (χ1v) is 7.05. The number of likely N-dealkylation sites (tertiary alicyclic amines) is 1. The molecule has 1 heterocycles. The number of piperidine rings is 1. The number of amides is 1. The summed E-state index contributed by atoms with van der Waals surface area (Å²) >= 11 is 0. The molecule has 1 aliphatic heterocycles. The van der Waals surface area contributed by atoms with Gasteiger partial charge in [-0.3, -0.25) is 9.59 Å². The fourth-order valence-electron chi connectivity index (χ4n) is 2.89. The summed E-state index contributed by atoms with van der Waals surface area (Å²) in [6.45, 7) is 0.0822. The Balaban J connectivity index is 1.94. The molecule has 0 radical (unpaired) electrons. The Morgan fingerprint density at radius 1 is 1.09 bits per heavy atom. The molecule has 3 nitrogen and oxygen atoms in total. The molecule has 3 rings (SSSR count). The van der Waals surface area contributed by atoms with Gasteiger partial charge in [-0.15, -0.1) is 0 Å². The lowest BCUT2D eigenvalue weighted by atomic mass is 9.96. The van der Waals surface area contributed by atoms with Crippen LogP contribution in [0.4, 0.5) is 17.6 Å². The Morgan fingerprint density at radius 2 is 1.77 bits per heavy atom. The highest BCUT2D eigenvalue weighted by Crippen LogP contribution is 2.39. The third-order valence-corrected chi connectivity index (χ3v) is 4.23. The number of nitrogens with zero attached hydrogens (tertiary/aromatic N) is 1. The number of Topliss-reactive ketones (excluding diaryl/α,β-unsaturated/α-hetero) is 1. The first kappa shape index (κ1) is 15.0. The van der Waals surface area contributed by atoms with Gasteiger partial charge in [-0.25, -0.2) is 17.6 Å². The highest BCUT2D eigenvalue weighted by molar-refractivity contribution is 5.96. The van der Waals surface area contributed by atoms with Crippen LogP contribution in [0.15, 0.2) is 6.07 Å². The van der Waals surface area contributed by atoms with E-state index in [9.17, 15) is 27.2 Å². The van der Waals surface area contributed by atoms with Crippen molar-refractivity contribution in [3.63, 3.8) is 0 Å². The number of halogens is 4. The van der Waals surface area contributed by atoms with Crippen LogP contribution in [0.2, 0.25) is 0 Å². The average molecular weight is 315 g/mol. The molecule has 0 spiro atoms. The monoisotopic (exact) mass is 315 g/mol. The van der Waals surface area contributed by atoms with Crippen molar-refractivity contribution < 1.29 is 27.2 Å². The van der Waals surface area contributed by atoms with E-state index in [1.54, 1.807) is 0 Å². The number of hydrogen-bond donors (Lipinski definition) is 0. The average Bonchev–Trinajstić information content (AvgIpc) is 3.33. The normalized spacial score (nSPS) is 22.1. The number of hydrogen-bond acceptors (Lipinski definition) is 2. The maximum atomic E-state index is 13.8. The van der Waals surface area contributed by atoms with E-state index >= 15 is 0 Å². The maximum absolute atomic E-state index is 13.8. The molecule has 1 aromatic carbocycles. The minimum atomic E-state index is -2.00. The van der Waals surface area contributed by atoms with Gasteiger partial charge in [0.1, 0.15) is 5.78 Å². The Kier molecular flexibility index (Phi) is 3.66. The van der Waals surface area contributed by atoms with Crippen molar-refractivity contribution in [2.45, 2.75) is 31.7 Å². The lowest BCUT2D eigenvalue weighted by molar-refractivity contribution is -0.122. The van der Waals surface area contributed by atoms with E-state index in [1.165, 1.54) is 4.90 Å². The van der Waals surface area contributed by atoms with Gasteiger partial charge < -0.3 is 4.90 Å². The molecule has 0 aromatic heterocycles. The van der Waals surface area contributed by atoms with Crippen LogP contribution in [-0.4, -0.2) is 29.2 Å². The summed E-state index contributed by atoms with van der Waals surface area (Å²) in [7, 11) is 0. The largest absolute Gasteiger partial charge is 0.334 e. The molecular formula is C15H13F4NO2. The van der Waals surface area contributed by atoms with Crippen LogP contribution < -0.4 is 0 Å². The van der Waals surface area contributed by atoms with E-state index in [0.717, 1.165) is 12.8 Å². The number of rotatable bonds is 2. The zero-order valence-corrected chi connectivity index (χ0v) is 11.5. The van der Waals surface area contributed by atoms with Crippen LogP contribution in [0, 0.1) is 29.2 Å². The second-order valence-corrected chi connectivity index (χ2v) is 5.74. The van der Waals surface area contributed by atoms with Crippen molar-refractivity contribution in [3.05, 3.63) is 34.9 Å². The molecule has 22 heavy (non-hydrogen) atoms. The summed E-state index contributed by atoms with van der Waals surface area (Å²) in [5.74, 6) is -7.99. The lowest BCUT2D eigenvalue weighted by Crippen LogP contribution is -2.47. The Bertz CT molecular complexity index is 657. The van der Waals surface area contributed by atoms with E-state index in [0.29, 0.717) is 6.07 Å². The third-order valence-electron chi connectivity index (χ3n) is 4.23. The smallest absolute Gasteiger partial charge is 0.257 e. The van der Waals surface area contributed by atoms with Crippen LogP contribution in [0.25, 0.3) is 0 Å².